The molecule has 1 aliphatic heterocycles. The van der Waals surface area contributed by atoms with Crippen molar-refractivity contribution in [1.82, 2.24) is 10.6 Å². The van der Waals surface area contributed by atoms with Gasteiger partial charge in [-0.25, -0.2) is 0 Å². The van der Waals surface area contributed by atoms with Gasteiger partial charge in [-0.1, -0.05) is 0 Å². The van der Waals surface area contributed by atoms with E-state index in [1.165, 1.54) is 0 Å². The van der Waals surface area contributed by atoms with Gasteiger partial charge < -0.3 is 19.8 Å². The third kappa shape index (κ3) is 2.81. The van der Waals surface area contributed by atoms with Crippen molar-refractivity contribution >= 4 is 5.91 Å². The second-order valence-electron chi connectivity index (χ2n) is 3.36. The third-order valence-corrected chi connectivity index (χ3v) is 2.24. The Bertz CT molecular complexity index is 304. The van der Waals surface area contributed by atoms with Gasteiger partial charge in [0.1, 0.15) is 11.9 Å². The van der Waals surface area contributed by atoms with Crippen LogP contribution in [0.25, 0.3) is 0 Å². The van der Waals surface area contributed by atoms with Gasteiger partial charge >= 0.3 is 0 Å². The lowest BCUT2D eigenvalue weighted by Crippen LogP contribution is -2.47. The maximum atomic E-state index is 11.6. The van der Waals surface area contributed by atoms with Gasteiger partial charge in [0.05, 0.1) is 19.4 Å². The molecule has 0 aromatic carbocycles. The molecule has 1 fully saturated rings. The SMILES string of the molecule is O=C(NCc1ccco1)[C@@H]1CNCCO1. The molecule has 5 heteroatoms. The molecule has 0 radical (unpaired) electrons. The zero-order valence-electron chi connectivity index (χ0n) is 8.36. The highest BCUT2D eigenvalue weighted by Gasteiger charge is 2.21. The van der Waals surface area contributed by atoms with Crippen LogP contribution in [0.1, 0.15) is 5.76 Å². The van der Waals surface area contributed by atoms with Crippen LogP contribution >= 0.6 is 0 Å². The fraction of sp³-hybridized carbons (Fsp3) is 0.500. The number of ether oxygens (including phenoxy) is 1. The molecule has 1 saturated heterocycles. The van der Waals surface area contributed by atoms with Gasteiger partial charge in [0.15, 0.2) is 0 Å². The molecule has 2 N–H and O–H groups in total. The van der Waals surface area contributed by atoms with Crippen molar-refractivity contribution < 1.29 is 13.9 Å². The Hall–Kier alpha value is -1.33. The molecule has 82 valence electrons. The Morgan fingerprint density at radius 3 is 3.27 bits per heavy atom. The predicted molar refractivity (Wildman–Crippen MR) is 53.2 cm³/mol. The minimum Gasteiger partial charge on any atom is -0.467 e. The lowest BCUT2D eigenvalue weighted by Gasteiger charge is -2.22. The van der Waals surface area contributed by atoms with E-state index in [0.717, 1.165) is 12.3 Å². The van der Waals surface area contributed by atoms with Crippen molar-refractivity contribution in [2.45, 2.75) is 12.6 Å². The van der Waals surface area contributed by atoms with E-state index in [1.807, 2.05) is 6.07 Å². The molecule has 0 spiro atoms. The lowest BCUT2D eigenvalue weighted by molar-refractivity contribution is -0.134. The quantitative estimate of drug-likeness (QED) is 0.730. The van der Waals surface area contributed by atoms with Crippen LogP contribution in [0.5, 0.6) is 0 Å². The Labute approximate surface area is 87.8 Å². The second kappa shape index (κ2) is 4.95. The average Bonchev–Trinajstić information content (AvgIpc) is 2.80. The summed E-state index contributed by atoms with van der Waals surface area (Å²) in [6, 6.07) is 3.61. The van der Waals surface area contributed by atoms with Crippen LogP contribution in [0.15, 0.2) is 22.8 Å². The lowest BCUT2D eigenvalue weighted by atomic mass is 10.3. The van der Waals surface area contributed by atoms with Crippen LogP contribution in [-0.2, 0) is 16.1 Å². The Kier molecular flexibility index (Phi) is 3.37. The molecule has 0 unspecified atom stereocenters. The van der Waals surface area contributed by atoms with E-state index < -0.39 is 0 Å². The van der Waals surface area contributed by atoms with E-state index in [1.54, 1.807) is 12.3 Å². The van der Waals surface area contributed by atoms with E-state index in [0.29, 0.717) is 19.7 Å². The summed E-state index contributed by atoms with van der Waals surface area (Å²) in [5.74, 6) is 0.644. The van der Waals surface area contributed by atoms with Gasteiger partial charge in [-0.2, -0.15) is 0 Å². The molecule has 1 aliphatic rings. The molecular formula is C10H14N2O3. The number of carbonyl (C=O) groups is 1. The first kappa shape index (κ1) is 10.2. The zero-order valence-corrected chi connectivity index (χ0v) is 8.36. The third-order valence-electron chi connectivity index (χ3n) is 2.24. The molecule has 2 heterocycles. The van der Waals surface area contributed by atoms with Gasteiger partial charge in [-0.05, 0) is 12.1 Å². The molecule has 15 heavy (non-hydrogen) atoms. The van der Waals surface area contributed by atoms with Crippen LogP contribution in [0, 0.1) is 0 Å². The molecule has 1 aromatic rings. The predicted octanol–water partition coefficient (Wildman–Crippen LogP) is -0.116. The summed E-state index contributed by atoms with van der Waals surface area (Å²) >= 11 is 0. The summed E-state index contributed by atoms with van der Waals surface area (Å²) in [6.45, 7) is 2.37. The summed E-state index contributed by atoms with van der Waals surface area (Å²) in [7, 11) is 0. The first-order chi connectivity index (χ1) is 7.36. The number of carbonyl (C=O) groups excluding carboxylic acids is 1. The van der Waals surface area contributed by atoms with Crippen LogP contribution in [0.4, 0.5) is 0 Å². The van der Waals surface area contributed by atoms with Crippen molar-refractivity contribution in [2.24, 2.45) is 0 Å². The van der Waals surface area contributed by atoms with Crippen LogP contribution in [0.3, 0.4) is 0 Å². The zero-order chi connectivity index (χ0) is 10.5. The van der Waals surface area contributed by atoms with E-state index in [9.17, 15) is 4.79 Å². The number of furan rings is 1. The molecule has 1 aromatic heterocycles. The van der Waals surface area contributed by atoms with Gasteiger partial charge in [-0.3, -0.25) is 4.79 Å². The Morgan fingerprint density at radius 2 is 2.60 bits per heavy atom. The van der Waals surface area contributed by atoms with Crippen molar-refractivity contribution in [2.75, 3.05) is 19.7 Å². The van der Waals surface area contributed by atoms with Crippen molar-refractivity contribution in [3.63, 3.8) is 0 Å². The standard InChI is InChI=1S/C10H14N2O3/c13-10(9-7-11-3-5-15-9)12-6-8-2-1-4-14-8/h1-2,4,9,11H,3,5-7H2,(H,12,13)/t9-/m0/s1. The average molecular weight is 210 g/mol. The number of nitrogens with one attached hydrogen (secondary N) is 2. The van der Waals surface area contributed by atoms with Crippen molar-refractivity contribution in [1.29, 1.82) is 0 Å². The highest BCUT2D eigenvalue weighted by Crippen LogP contribution is 2.00. The topological polar surface area (TPSA) is 63.5 Å². The van der Waals surface area contributed by atoms with E-state index >= 15 is 0 Å². The maximum absolute atomic E-state index is 11.6. The summed E-state index contributed by atoms with van der Waals surface area (Å²) in [5, 5.41) is 5.86. The highest BCUT2D eigenvalue weighted by atomic mass is 16.5. The number of hydrogen-bond acceptors (Lipinski definition) is 4. The summed E-state index contributed by atoms with van der Waals surface area (Å²) < 4.78 is 10.4. The molecule has 1 atom stereocenters. The molecule has 0 aliphatic carbocycles. The van der Waals surface area contributed by atoms with Gasteiger partial charge in [0, 0.05) is 13.1 Å². The Balaban J connectivity index is 1.76. The fourth-order valence-electron chi connectivity index (χ4n) is 1.44. The van der Waals surface area contributed by atoms with Gasteiger partial charge in [0.25, 0.3) is 5.91 Å². The minimum atomic E-state index is -0.381. The number of morpholine rings is 1. The molecule has 2 rings (SSSR count). The highest BCUT2D eigenvalue weighted by molar-refractivity contribution is 5.81. The second-order valence-corrected chi connectivity index (χ2v) is 3.36. The molecule has 5 nitrogen and oxygen atoms in total. The summed E-state index contributed by atoms with van der Waals surface area (Å²) in [5.41, 5.74) is 0. The Morgan fingerprint density at radius 1 is 1.67 bits per heavy atom. The summed E-state index contributed by atoms with van der Waals surface area (Å²) in [6.07, 6.45) is 1.20. The largest absolute Gasteiger partial charge is 0.467 e. The van der Waals surface area contributed by atoms with Crippen molar-refractivity contribution in [3.05, 3.63) is 24.2 Å². The van der Waals surface area contributed by atoms with Crippen LogP contribution < -0.4 is 10.6 Å². The summed E-state index contributed by atoms with van der Waals surface area (Å²) in [4.78, 5) is 11.6. The van der Waals surface area contributed by atoms with E-state index in [2.05, 4.69) is 10.6 Å². The minimum absolute atomic E-state index is 0.0985. The first-order valence-corrected chi connectivity index (χ1v) is 4.98. The van der Waals surface area contributed by atoms with Gasteiger partial charge in [-0.15, -0.1) is 0 Å². The molecule has 0 bridgehead atoms. The maximum Gasteiger partial charge on any atom is 0.250 e. The van der Waals surface area contributed by atoms with Crippen LogP contribution in [0.2, 0.25) is 0 Å². The number of rotatable bonds is 3. The number of hydrogen-bond donors (Lipinski definition) is 2. The fourth-order valence-corrected chi connectivity index (χ4v) is 1.44. The molecular weight excluding hydrogens is 196 g/mol. The van der Waals surface area contributed by atoms with Crippen molar-refractivity contribution in [3.8, 4) is 0 Å². The first-order valence-electron chi connectivity index (χ1n) is 4.98. The van der Waals surface area contributed by atoms with E-state index in [4.69, 9.17) is 9.15 Å². The normalized spacial score (nSPS) is 21.2. The monoisotopic (exact) mass is 210 g/mol. The smallest absolute Gasteiger partial charge is 0.250 e. The van der Waals surface area contributed by atoms with Crippen LogP contribution in [-0.4, -0.2) is 31.7 Å². The van der Waals surface area contributed by atoms with E-state index in [-0.39, 0.29) is 12.0 Å². The number of amides is 1. The molecule has 1 amide bonds. The van der Waals surface area contributed by atoms with Gasteiger partial charge in [0.2, 0.25) is 0 Å². The molecule has 0 saturated carbocycles.